The van der Waals surface area contributed by atoms with Gasteiger partial charge < -0.3 is 10.1 Å². The predicted molar refractivity (Wildman–Crippen MR) is 76.3 cm³/mol. The number of nitrogens with one attached hydrogen (secondary N) is 1. The minimum Gasteiger partial charge on any atom is -0.435 e. The van der Waals surface area contributed by atoms with Crippen molar-refractivity contribution < 1.29 is 18.3 Å². The number of ether oxygens (including phenoxy) is 1. The Morgan fingerprint density at radius 1 is 1.33 bits per heavy atom. The Balaban J connectivity index is 1.82. The Kier molecular flexibility index (Phi) is 5.53. The van der Waals surface area contributed by atoms with Crippen LogP contribution in [-0.2, 0) is 11.2 Å². The van der Waals surface area contributed by atoms with E-state index >= 15 is 0 Å². The van der Waals surface area contributed by atoms with E-state index in [4.69, 9.17) is 0 Å². The molecule has 116 valence electrons. The number of carbonyl (C=O) groups is 1. The van der Waals surface area contributed by atoms with E-state index in [1.165, 1.54) is 18.6 Å². The zero-order valence-corrected chi connectivity index (χ0v) is 12.1. The Bertz CT molecular complexity index is 462. The maximum Gasteiger partial charge on any atom is 0.387 e. The van der Waals surface area contributed by atoms with Crippen LogP contribution in [0.3, 0.4) is 0 Å². The van der Waals surface area contributed by atoms with Gasteiger partial charge in [0.05, 0.1) is 6.42 Å². The first-order valence-electron chi connectivity index (χ1n) is 7.36. The molecule has 0 aromatic heterocycles. The van der Waals surface area contributed by atoms with E-state index in [9.17, 15) is 13.6 Å². The molecule has 1 aliphatic carbocycles. The highest BCUT2D eigenvalue weighted by Crippen LogP contribution is 2.23. The fourth-order valence-corrected chi connectivity index (χ4v) is 2.82. The van der Waals surface area contributed by atoms with Crippen molar-refractivity contribution in [1.29, 1.82) is 0 Å². The maximum atomic E-state index is 12.0. The summed E-state index contributed by atoms with van der Waals surface area (Å²) in [5.41, 5.74) is 0.790. The second kappa shape index (κ2) is 7.38. The van der Waals surface area contributed by atoms with Gasteiger partial charge in [-0.25, -0.2) is 0 Å². The predicted octanol–water partition coefficient (Wildman–Crippen LogP) is 3.53. The SMILES string of the molecule is CC1CCCC(NC(=O)Cc2ccc(OC(F)F)cc2)C1. The number of alkyl halides is 2. The highest BCUT2D eigenvalue weighted by Gasteiger charge is 2.20. The highest BCUT2D eigenvalue weighted by atomic mass is 19.3. The molecule has 1 saturated carbocycles. The van der Waals surface area contributed by atoms with E-state index in [1.54, 1.807) is 12.1 Å². The fraction of sp³-hybridized carbons (Fsp3) is 0.562. The first-order valence-corrected chi connectivity index (χ1v) is 7.36. The minimum absolute atomic E-state index is 0.0170. The summed E-state index contributed by atoms with van der Waals surface area (Å²) in [5.74, 6) is 0.752. The van der Waals surface area contributed by atoms with Crippen LogP contribution in [0.25, 0.3) is 0 Å². The molecule has 1 aliphatic rings. The third-order valence-electron chi connectivity index (χ3n) is 3.81. The van der Waals surface area contributed by atoms with Gasteiger partial charge in [-0.15, -0.1) is 0 Å². The van der Waals surface area contributed by atoms with Crippen LogP contribution in [-0.4, -0.2) is 18.6 Å². The van der Waals surface area contributed by atoms with E-state index in [-0.39, 0.29) is 24.1 Å². The van der Waals surface area contributed by atoms with Gasteiger partial charge in [0.1, 0.15) is 5.75 Å². The van der Waals surface area contributed by atoms with Crippen molar-refractivity contribution in [3.63, 3.8) is 0 Å². The van der Waals surface area contributed by atoms with E-state index in [2.05, 4.69) is 17.0 Å². The topological polar surface area (TPSA) is 38.3 Å². The van der Waals surface area contributed by atoms with E-state index < -0.39 is 6.61 Å². The molecule has 0 heterocycles. The first-order chi connectivity index (χ1) is 10.0. The molecule has 2 atom stereocenters. The molecule has 1 fully saturated rings. The normalized spacial score (nSPS) is 22.1. The quantitative estimate of drug-likeness (QED) is 0.903. The molecule has 21 heavy (non-hydrogen) atoms. The fourth-order valence-electron chi connectivity index (χ4n) is 2.82. The number of amides is 1. The molecular formula is C16H21F2NO2. The van der Waals surface area contributed by atoms with Gasteiger partial charge in [0, 0.05) is 6.04 Å². The second-order valence-electron chi connectivity index (χ2n) is 5.74. The summed E-state index contributed by atoms with van der Waals surface area (Å²) >= 11 is 0. The Hall–Kier alpha value is -1.65. The molecule has 2 rings (SSSR count). The van der Waals surface area contributed by atoms with Gasteiger partial charge in [0.15, 0.2) is 0 Å². The third-order valence-corrected chi connectivity index (χ3v) is 3.81. The zero-order chi connectivity index (χ0) is 15.2. The van der Waals surface area contributed by atoms with Crippen LogP contribution >= 0.6 is 0 Å². The lowest BCUT2D eigenvalue weighted by atomic mass is 9.87. The maximum absolute atomic E-state index is 12.0. The molecule has 5 heteroatoms. The molecule has 2 unspecified atom stereocenters. The van der Waals surface area contributed by atoms with Gasteiger partial charge in [-0.1, -0.05) is 31.9 Å². The number of rotatable bonds is 5. The molecule has 0 bridgehead atoms. The minimum atomic E-state index is -2.83. The van der Waals surface area contributed by atoms with Crippen molar-refractivity contribution in [2.45, 2.75) is 51.7 Å². The number of hydrogen-bond acceptors (Lipinski definition) is 2. The summed E-state index contributed by atoms with van der Waals surface area (Å²) in [5, 5.41) is 3.05. The standard InChI is InChI=1S/C16H21F2NO2/c1-11-3-2-4-13(9-11)19-15(20)10-12-5-7-14(8-6-12)21-16(17)18/h5-8,11,13,16H,2-4,9-10H2,1H3,(H,19,20). The van der Waals surface area contributed by atoms with Gasteiger partial charge >= 0.3 is 6.61 Å². The molecular weight excluding hydrogens is 276 g/mol. The van der Waals surface area contributed by atoms with E-state index in [0.29, 0.717) is 5.92 Å². The number of hydrogen-bond donors (Lipinski definition) is 1. The number of carbonyl (C=O) groups excluding carboxylic acids is 1. The second-order valence-corrected chi connectivity index (χ2v) is 5.74. The molecule has 1 aromatic rings. The van der Waals surface area contributed by atoms with Gasteiger partial charge in [0.2, 0.25) is 5.91 Å². The molecule has 0 spiro atoms. The Labute approximate surface area is 123 Å². The number of halogens is 2. The summed E-state index contributed by atoms with van der Waals surface area (Å²) in [6, 6.07) is 6.46. The van der Waals surface area contributed by atoms with Crippen LogP contribution in [0.15, 0.2) is 24.3 Å². The van der Waals surface area contributed by atoms with Crippen molar-refractivity contribution >= 4 is 5.91 Å². The van der Waals surface area contributed by atoms with Crippen molar-refractivity contribution in [2.24, 2.45) is 5.92 Å². The van der Waals surface area contributed by atoms with Crippen molar-refractivity contribution in [2.75, 3.05) is 0 Å². The summed E-state index contributed by atoms with van der Waals surface area (Å²) in [7, 11) is 0. The largest absolute Gasteiger partial charge is 0.435 e. The van der Waals surface area contributed by atoms with Crippen molar-refractivity contribution in [3.8, 4) is 5.75 Å². The van der Waals surface area contributed by atoms with Crippen LogP contribution < -0.4 is 10.1 Å². The molecule has 1 N–H and O–H groups in total. The van der Waals surface area contributed by atoms with Gasteiger partial charge in [-0.05, 0) is 36.5 Å². The summed E-state index contributed by atoms with van der Waals surface area (Å²) in [4.78, 5) is 12.0. The van der Waals surface area contributed by atoms with Crippen LogP contribution in [0.4, 0.5) is 8.78 Å². The van der Waals surface area contributed by atoms with Crippen LogP contribution in [0.2, 0.25) is 0 Å². The smallest absolute Gasteiger partial charge is 0.387 e. The van der Waals surface area contributed by atoms with Crippen LogP contribution in [0.5, 0.6) is 5.75 Å². The van der Waals surface area contributed by atoms with Gasteiger partial charge in [0.25, 0.3) is 0 Å². The van der Waals surface area contributed by atoms with Crippen molar-refractivity contribution in [1.82, 2.24) is 5.32 Å². The van der Waals surface area contributed by atoms with Crippen LogP contribution in [0.1, 0.15) is 38.2 Å². The average molecular weight is 297 g/mol. The molecule has 0 saturated heterocycles. The van der Waals surface area contributed by atoms with Gasteiger partial charge in [-0.2, -0.15) is 8.78 Å². The van der Waals surface area contributed by atoms with Crippen molar-refractivity contribution in [3.05, 3.63) is 29.8 Å². The van der Waals surface area contributed by atoms with E-state index in [1.807, 2.05) is 0 Å². The summed E-state index contributed by atoms with van der Waals surface area (Å²) < 4.78 is 28.3. The summed E-state index contributed by atoms with van der Waals surface area (Å²) in [6.45, 7) is -0.618. The number of benzene rings is 1. The van der Waals surface area contributed by atoms with Crippen LogP contribution in [0, 0.1) is 5.92 Å². The Morgan fingerprint density at radius 2 is 2.05 bits per heavy atom. The molecule has 3 nitrogen and oxygen atoms in total. The average Bonchev–Trinajstić information content (AvgIpc) is 2.40. The molecule has 0 aliphatic heterocycles. The van der Waals surface area contributed by atoms with Gasteiger partial charge in [-0.3, -0.25) is 4.79 Å². The lowest BCUT2D eigenvalue weighted by Gasteiger charge is -2.27. The first kappa shape index (κ1) is 15.7. The summed E-state index contributed by atoms with van der Waals surface area (Å²) in [6.07, 6.45) is 4.73. The monoisotopic (exact) mass is 297 g/mol. The zero-order valence-electron chi connectivity index (χ0n) is 12.1. The lowest BCUT2D eigenvalue weighted by Crippen LogP contribution is -2.38. The molecule has 1 aromatic carbocycles. The molecule has 1 amide bonds. The van der Waals surface area contributed by atoms with E-state index in [0.717, 1.165) is 24.8 Å². The molecule has 0 radical (unpaired) electrons. The highest BCUT2D eigenvalue weighted by molar-refractivity contribution is 5.78. The third kappa shape index (κ3) is 5.33. The lowest BCUT2D eigenvalue weighted by molar-refractivity contribution is -0.121. The Morgan fingerprint density at radius 3 is 2.67 bits per heavy atom.